The van der Waals surface area contributed by atoms with Crippen molar-refractivity contribution in [2.24, 2.45) is 11.8 Å². The predicted octanol–water partition coefficient (Wildman–Crippen LogP) is 6.19. The second-order valence-electron chi connectivity index (χ2n) is 16.4. The number of benzene rings is 2. The van der Waals surface area contributed by atoms with Crippen molar-refractivity contribution in [3.05, 3.63) is 76.4 Å². The molecule has 5 unspecified atom stereocenters. The number of alkyl halides is 2. The maximum atomic E-state index is 14.9. The van der Waals surface area contributed by atoms with Gasteiger partial charge in [-0.25, -0.2) is 33.1 Å². The fraction of sp³-hybridized carbons (Fsp3) is 0.432. The molecule has 0 spiro atoms. The third-order valence-electron chi connectivity index (χ3n) is 11.2. The highest BCUT2D eigenvalue weighted by Crippen LogP contribution is 2.41. The first-order valence-electron chi connectivity index (χ1n) is 20.6. The summed E-state index contributed by atoms with van der Waals surface area (Å²) in [6.45, 7) is 8.04. The number of carbonyl (C=O) groups is 4. The minimum Gasteiger partial charge on any atom is -0.488 e. The molecule has 5 aromatic rings. The monoisotopic (exact) mass is 872 g/mol. The van der Waals surface area contributed by atoms with Gasteiger partial charge in [0.2, 0.25) is 11.8 Å². The highest BCUT2D eigenvalue weighted by atomic mass is 19.1. The number of carbonyl (C=O) groups excluding carboxylic acids is 4. The molecule has 5 heterocycles. The van der Waals surface area contributed by atoms with E-state index < -0.39 is 60.1 Å². The molecule has 2 aliphatic rings. The number of nitrogens with zero attached hydrogens (tertiary/aromatic N) is 4. The van der Waals surface area contributed by atoms with Crippen LogP contribution in [0.25, 0.3) is 44.6 Å². The number of amides is 4. The Morgan fingerprint density at radius 1 is 0.921 bits per heavy atom. The lowest BCUT2D eigenvalue weighted by Crippen LogP contribution is -2.52. The van der Waals surface area contributed by atoms with E-state index >= 15 is 0 Å². The molecule has 1 fully saturated rings. The third-order valence-corrected chi connectivity index (χ3v) is 11.2. The zero-order valence-electron chi connectivity index (χ0n) is 35.9. The molecule has 7 rings (SSSR count). The number of methoxy groups -OCH3 is 2. The van der Waals surface area contributed by atoms with Crippen LogP contribution in [0.1, 0.15) is 64.3 Å². The SMILES string of the molecule is COC(=O)NC(C(=O)N(Cc1ncc(-c2ccc3c4c(c(=O)oc3c2)-c2ccc(-c3cnc(C5CC(F)CN5C(=O)C(NC(=O)OC)C(C)C)[nH]3)cc2OC4)[nH]1)CC(C)F)C(C)C. The van der Waals surface area contributed by atoms with E-state index in [1.807, 2.05) is 12.1 Å². The second-order valence-corrected chi connectivity index (χ2v) is 16.4. The van der Waals surface area contributed by atoms with E-state index in [0.717, 1.165) is 0 Å². The molecule has 4 N–H and O–H groups in total. The molecule has 5 atom stereocenters. The number of ether oxygens (including phenoxy) is 3. The van der Waals surface area contributed by atoms with Gasteiger partial charge in [-0.2, -0.15) is 0 Å². The van der Waals surface area contributed by atoms with Gasteiger partial charge in [-0.3, -0.25) is 9.59 Å². The van der Waals surface area contributed by atoms with Gasteiger partial charge in [0.1, 0.15) is 54.0 Å². The third kappa shape index (κ3) is 9.22. The number of imidazole rings is 2. The molecule has 63 heavy (non-hydrogen) atoms. The molecule has 0 saturated carbocycles. The summed E-state index contributed by atoms with van der Waals surface area (Å²) in [5, 5.41) is 5.76. The summed E-state index contributed by atoms with van der Waals surface area (Å²) in [5.74, 6) is -0.331. The van der Waals surface area contributed by atoms with Crippen molar-refractivity contribution in [1.29, 1.82) is 0 Å². The molecule has 17 nitrogen and oxygen atoms in total. The average molecular weight is 873 g/mol. The van der Waals surface area contributed by atoms with Crippen molar-refractivity contribution >= 4 is 35.0 Å². The topological polar surface area (TPSA) is 214 Å². The standard InChI is InChI=1S/C44H50F2N8O9/c1-21(2)37(51-43(58)60-6)40(55)53(17-23(5)45)19-35-47-15-30(49-35)25-8-10-27-29-20-62-33-12-24(9-11-28(33)36(29)42(57)63-34(27)13-25)31-16-48-39(50-31)32-14-26(46)18-54(32)41(56)38(22(3)4)52-44(59)61-7/h8-13,15-16,21-23,26,32,37-38H,14,17-20H2,1-7H3,(H,47,49)(H,48,50)(H,51,58)(H,52,59). The molecule has 334 valence electrons. The molecule has 2 aromatic carbocycles. The molecule has 1 saturated heterocycles. The Morgan fingerprint density at radius 3 is 2.25 bits per heavy atom. The van der Waals surface area contributed by atoms with E-state index in [-0.39, 0.29) is 44.5 Å². The molecule has 2 aliphatic heterocycles. The number of nitrogens with one attached hydrogen (secondary N) is 4. The molecule has 4 amide bonds. The number of aromatic nitrogens is 4. The van der Waals surface area contributed by atoms with E-state index in [1.54, 1.807) is 64.4 Å². The van der Waals surface area contributed by atoms with Crippen molar-refractivity contribution in [1.82, 2.24) is 40.4 Å². The number of halogens is 2. The fourth-order valence-electron chi connectivity index (χ4n) is 8.04. The van der Waals surface area contributed by atoms with Crippen molar-refractivity contribution < 1.29 is 46.6 Å². The lowest BCUT2D eigenvalue weighted by Gasteiger charge is -2.29. The van der Waals surface area contributed by atoms with Gasteiger partial charge < -0.3 is 49.0 Å². The Hall–Kier alpha value is -6.79. The molecule has 3 aromatic heterocycles. The molecule has 0 bridgehead atoms. The number of rotatable bonds is 13. The van der Waals surface area contributed by atoms with E-state index in [0.29, 0.717) is 67.6 Å². The smallest absolute Gasteiger partial charge is 0.407 e. The van der Waals surface area contributed by atoms with Gasteiger partial charge in [0.25, 0.3) is 0 Å². The quantitative estimate of drug-likeness (QED) is 0.0979. The molecule has 19 heteroatoms. The number of alkyl carbamates (subject to hydrolysis) is 2. The summed E-state index contributed by atoms with van der Waals surface area (Å²) in [6.07, 6.45) is -0.994. The van der Waals surface area contributed by atoms with Crippen LogP contribution in [0.4, 0.5) is 18.4 Å². The Balaban J connectivity index is 1.10. The Bertz CT molecular complexity index is 2590. The first-order valence-corrected chi connectivity index (χ1v) is 20.6. The van der Waals surface area contributed by atoms with Crippen LogP contribution in [-0.2, 0) is 32.2 Å². The van der Waals surface area contributed by atoms with E-state index in [4.69, 9.17) is 13.9 Å². The van der Waals surface area contributed by atoms with Crippen molar-refractivity contribution in [2.45, 2.75) is 84.7 Å². The molecular formula is C44H50F2N8O9. The van der Waals surface area contributed by atoms with Gasteiger partial charge in [-0.05, 0) is 37.0 Å². The number of likely N-dealkylation sites (tertiary alicyclic amines) is 1. The zero-order chi connectivity index (χ0) is 45.3. The minimum absolute atomic E-state index is 0.0275. The summed E-state index contributed by atoms with van der Waals surface area (Å²) in [7, 11) is 2.40. The van der Waals surface area contributed by atoms with Crippen LogP contribution < -0.4 is 21.0 Å². The van der Waals surface area contributed by atoms with Crippen LogP contribution in [0.2, 0.25) is 0 Å². The highest BCUT2D eigenvalue weighted by molar-refractivity contribution is 5.92. The first-order chi connectivity index (χ1) is 30.1. The predicted molar refractivity (Wildman–Crippen MR) is 226 cm³/mol. The van der Waals surface area contributed by atoms with Gasteiger partial charge in [0.05, 0.1) is 69.2 Å². The van der Waals surface area contributed by atoms with Crippen molar-refractivity contribution in [3.63, 3.8) is 0 Å². The van der Waals surface area contributed by atoms with Crippen LogP contribution in [0, 0.1) is 11.8 Å². The van der Waals surface area contributed by atoms with Gasteiger partial charge >= 0.3 is 17.8 Å². The summed E-state index contributed by atoms with van der Waals surface area (Å²) in [5.41, 5.74) is 3.74. The van der Waals surface area contributed by atoms with Gasteiger partial charge in [0.15, 0.2) is 0 Å². The first kappa shape index (κ1) is 44.3. The van der Waals surface area contributed by atoms with Gasteiger partial charge in [0, 0.05) is 34.1 Å². The molecule has 0 radical (unpaired) electrons. The average Bonchev–Trinajstić information content (AvgIpc) is 4.03. The minimum atomic E-state index is -1.35. The Labute approximate surface area is 360 Å². The molecular weight excluding hydrogens is 823 g/mol. The maximum Gasteiger partial charge on any atom is 0.407 e. The number of fused-ring (bicyclic) bond motifs is 5. The van der Waals surface area contributed by atoms with E-state index in [1.165, 1.54) is 30.9 Å². The number of hydrogen-bond acceptors (Lipinski definition) is 11. The van der Waals surface area contributed by atoms with Crippen molar-refractivity contribution in [2.75, 3.05) is 27.3 Å². The van der Waals surface area contributed by atoms with Crippen LogP contribution in [0.5, 0.6) is 5.75 Å². The van der Waals surface area contributed by atoms with Gasteiger partial charge in [-0.15, -0.1) is 0 Å². The lowest BCUT2D eigenvalue weighted by molar-refractivity contribution is -0.136. The Kier molecular flexibility index (Phi) is 12.8. The summed E-state index contributed by atoms with van der Waals surface area (Å²) >= 11 is 0. The highest BCUT2D eigenvalue weighted by Gasteiger charge is 2.42. The molecule has 0 aliphatic carbocycles. The van der Waals surface area contributed by atoms with Crippen LogP contribution in [0.3, 0.4) is 0 Å². The second kappa shape index (κ2) is 18.3. The van der Waals surface area contributed by atoms with E-state index in [9.17, 15) is 32.8 Å². The van der Waals surface area contributed by atoms with Gasteiger partial charge in [-0.1, -0.05) is 45.9 Å². The summed E-state index contributed by atoms with van der Waals surface area (Å²) < 4.78 is 50.7. The van der Waals surface area contributed by atoms with Crippen LogP contribution in [0.15, 0.2) is 58.0 Å². The lowest BCUT2D eigenvalue weighted by atomic mass is 9.94. The van der Waals surface area contributed by atoms with Crippen molar-refractivity contribution in [3.8, 4) is 39.4 Å². The van der Waals surface area contributed by atoms with Crippen LogP contribution in [-0.4, -0.2) is 105 Å². The number of aromatic amines is 2. The maximum absolute atomic E-state index is 14.9. The zero-order valence-corrected chi connectivity index (χ0v) is 35.9. The normalized spacial score (nSPS) is 17.1. The van der Waals surface area contributed by atoms with E-state index in [2.05, 4.69) is 35.3 Å². The van der Waals surface area contributed by atoms with Crippen LogP contribution >= 0.6 is 0 Å². The summed E-state index contributed by atoms with van der Waals surface area (Å²) in [6, 6.07) is 8.10. The largest absolute Gasteiger partial charge is 0.488 e. The fourth-order valence-corrected chi connectivity index (χ4v) is 8.04. The number of H-pyrrole nitrogens is 2. The summed E-state index contributed by atoms with van der Waals surface area (Å²) in [4.78, 5) is 82.8. The number of hydrogen-bond donors (Lipinski definition) is 4. The Morgan fingerprint density at radius 2 is 1.57 bits per heavy atom.